The molecule has 416 valence electrons. The fourth-order valence-corrected chi connectivity index (χ4v) is 8.70. The molecule has 0 radical (unpaired) electrons. The number of unbranched alkanes of at least 4 members (excludes halogenated alkanes) is 33. The molecule has 0 aliphatic heterocycles. The lowest BCUT2D eigenvalue weighted by Crippen LogP contribution is -2.30. The van der Waals surface area contributed by atoms with Crippen LogP contribution in [-0.4, -0.2) is 37.2 Å². The van der Waals surface area contributed by atoms with Gasteiger partial charge in [0.05, 0.1) is 0 Å². The topological polar surface area (TPSA) is 78.9 Å². The zero-order valence-electron chi connectivity index (χ0n) is 47.7. The van der Waals surface area contributed by atoms with Crippen LogP contribution in [0.5, 0.6) is 0 Å². The Morgan fingerprint density at radius 2 is 0.514 bits per heavy atom. The van der Waals surface area contributed by atoms with E-state index in [0.717, 1.165) is 103 Å². The van der Waals surface area contributed by atoms with Crippen LogP contribution in [0.1, 0.15) is 310 Å². The van der Waals surface area contributed by atoms with Gasteiger partial charge in [-0.25, -0.2) is 0 Å². The van der Waals surface area contributed by atoms with Crippen LogP contribution in [0.15, 0.2) is 72.9 Å². The van der Waals surface area contributed by atoms with Gasteiger partial charge in [0.2, 0.25) is 0 Å². The van der Waals surface area contributed by atoms with Crippen molar-refractivity contribution < 1.29 is 28.6 Å². The number of carbonyl (C=O) groups is 3. The van der Waals surface area contributed by atoms with Gasteiger partial charge in [-0.2, -0.15) is 0 Å². The predicted molar refractivity (Wildman–Crippen MR) is 311 cm³/mol. The number of hydrogen-bond donors (Lipinski definition) is 0. The van der Waals surface area contributed by atoms with Gasteiger partial charge in [-0.05, 0) is 109 Å². The van der Waals surface area contributed by atoms with Crippen molar-refractivity contribution in [3.63, 3.8) is 0 Å². The van der Waals surface area contributed by atoms with Gasteiger partial charge < -0.3 is 14.2 Å². The monoisotopic (exact) mass is 1000 g/mol. The zero-order valence-corrected chi connectivity index (χ0v) is 47.7. The summed E-state index contributed by atoms with van der Waals surface area (Å²) < 4.78 is 16.9. The Morgan fingerprint density at radius 1 is 0.278 bits per heavy atom. The molecule has 0 spiro atoms. The Hall–Kier alpha value is -3.15. The molecule has 0 aromatic heterocycles. The summed E-state index contributed by atoms with van der Waals surface area (Å²) in [7, 11) is 0. The molecule has 1 unspecified atom stereocenters. The van der Waals surface area contributed by atoms with E-state index in [0.29, 0.717) is 19.3 Å². The highest BCUT2D eigenvalue weighted by molar-refractivity contribution is 5.71. The van der Waals surface area contributed by atoms with Crippen molar-refractivity contribution in [1.29, 1.82) is 0 Å². The third kappa shape index (κ3) is 57.7. The third-order valence-corrected chi connectivity index (χ3v) is 13.4. The Morgan fingerprint density at radius 3 is 0.847 bits per heavy atom. The van der Waals surface area contributed by atoms with Gasteiger partial charge in [0.15, 0.2) is 6.10 Å². The second-order valence-corrected chi connectivity index (χ2v) is 20.6. The third-order valence-electron chi connectivity index (χ3n) is 13.4. The van der Waals surface area contributed by atoms with Crippen LogP contribution in [0, 0.1) is 0 Å². The maximum atomic E-state index is 12.9. The van der Waals surface area contributed by atoms with Crippen LogP contribution in [0.4, 0.5) is 0 Å². The normalized spacial score (nSPS) is 12.5. The van der Waals surface area contributed by atoms with Crippen molar-refractivity contribution in [2.24, 2.45) is 0 Å². The lowest BCUT2D eigenvalue weighted by Gasteiger charge is -2.18. The second-order valence-electron chi connectivity index (χ2n) is 20.6. The van der Waals surface area contributed by atoms with Crippen molar-refractivity contribution in [3.05, 3.63) is 72.9 Å². The van der Waals surface area contributed by atoms with Crippen molar-refractivity contribution in [2.45, 2.75) is 316 Å². The van der Waals surface area contributed by atoms with E-state index < -0.39 is 6.10 Å². The van der Waals surface area contributed by atoms with E-state index in [9.17, 15) is 14.4 Å². The standard InChI is InChI=1S/C66H116O6/c1-4-7-10-13-16-19-22-24-26-28-29-30-31-32-33-34-35-36-37-38-40-41-44-47-50-53-56-59-65(68)71-62-63(61-70-64(67)58-55-52-49-46-43-21-18-15-12-9-6-3)72-66(69)60-57-54-51-48-45-42-39-27-25-23-20-17-14-11-8-5-2/h15,18,20,22-24,27-29,31-32,39,63H,4-14,16-17,19,21,25-26,30,33-38,40-62H2,1-3H3/b18-15-,23-20-,24-22-,29-28-,32-31-,39-27-. The Bertz CT molecular complexity index is 1340. The fourth-order valence-electron chi connectivity index (χ4n) is 8.70. The smallest absolute Gasteiger partial charge is 0.306 e. The Labute approximate surface area is 446 Å². The largest absolute Gasteiger partial charge is 0.462 e. The molecule has 0 aliphatic rings. The average molecular weight is 1010 g/mol. The van der Waals surface area contributed by atoms with E-state index in [2.05, 4.69) is 93.7 Å². The van der Waals surface area contributed by atoms with E-state index in [1.807, 2.05) is 0 Å². The highest BCUT2D eigenvalue weighted by Crippen LogP contribution is 2.16. The zero-order chi connectivity index (χ0) is 52.2. The van der Waals surface area contributed by atoms with Gasteiger partial charge in [0.25, 0.3) is 0 Å². The molecule has 0 aliphatic carbocycles. The first-order chi connectivity index (χ1) is 35.5. The maximum absolute atomic E-state index is 12.9. The molecule has 72 heavy (non-hydrogen) atoms. The van der Waals surface area contributed by atoms with Crippen LogP contribution in [-0.2, 0) is 28.6 Å². The predicted octanol–water partition coefficient (Wildman–Crippen LogP) is 20.9. The van der Waals surface area contributed by atoms with Crippen LogP contribution >= 0.6 is 0 Å². The first-order valence-electron chi connectivity index (χ1n) is 30.9. The lowest BCUT2D eigenvalue weighted by molar-refractivity contribution is -0.167. The minimum Gasteiger partial charge on any atom is -0.462 e. The Balaban J connectivity index is 4.25. The molecule has 0 saturated heterocycles. The first kappa shape index (κ1) is 68.8. The van der Waals surface area contributed by atoms with Gasteiger partial charge in [-0.15, -0.1) is 0 Å². The molecule has 0 rings (SSSR count). The first-order valence-corrected chi connectivity index (χ1v) is 30.9. The minimum absolute atomic E-state index is 0.0836. The van der Waals surface area contributed by atoms with E-state index in [4.69, 9.17) is 14.2 Å². The molecule has 6 nitrogen and oxygen atoms in total. The molecule has 0 amide bonds. The summed E-state index contributed by atoms with van der Waals surface area (Å²) in [6.07, 6.45) is 77.6. The van der Waals surface area contributed by atoms with Crippen molar-refractivity contribution in [3.8, 4) is 0 Å². The number of carbonyl (C=O) groups excluding carboxylic acids is 3. The van der Waals surface area contributed by atoms with Gasteiger partial charge in [-0.1, -0.05) is 254 Å². The van der Waals surface area contributed by atoms with E-state index in [1.54, 1.807) is 0 Å². The SMILES string of the molecule is CCCC/C=C\CCCCCCCC(=O)OCC(COC(=O)CCCCCCCCCCCCCC/C=C\C/C=C\C/C=C\CCCCCCC)OC(=O)CCCCCCC/C=C\C/C=C\CCCCCC. The second kappa shape index (κ2) is 60.4. The molecule has 0 bridgehead atoms. The summed E-state index contributed by atoms with van der Waals surface area (Å²) in [5.41, 5.74) is 0. The summed E-state index contributed by atoms with van der Waals surface area (Å²) in [5, 5.41) is 0. The molecule has 6 heteroatoms. The highest BCUT2D eigenvalue weighted by atomic mass is 16.6. The molecule has 0 aromatic rings. The molecule has 0 heterocycles. The minimum atomic E-state index is -0.786. The summed E-state index contributed by atoms with van der Waals surface area (Å²) in [5.74, 6) is -0.900. The maximum Gasteiger partial charge on any atom is 0.306 e. The summed E-state index contributed by atoms with van der Waals surface area (Å²) in [4.78, 5) is 38.2. The molecular formula is C66H116O6. The number of allylic oxidation sites excluding steroid dienone is 12. The molecule has 0 fully saturated rings. The van der Waals surface area contributed by atoms with Gasteiger partial charge in [0.1, 0.15) is 13.2 Å². The van der Waals surface area contributed by atoms with Crippen LogP contribution in [0.2, 0.25) is 0 Å². The summed E-state index contributed by atoms with van der Waals surface area (Å²) in [6, 6.07) is 0. The number of esters is 3. The molecule has 0 aromatic carbocycles. The molecular weight excluding hydrogens is 889 g/mol. The number of rotatable bonds is 56. The number of hydrogen-bond acceptors (Lipinski definition) is 6. The van der Waals surface area contributed by atoms with Gasteiger partial charge >= 0.3 is 17.9 Å². The van der Waals surface area contributed by atoms with Crippen molar-refractivity contribution in [1.82, 2.24) is 0 Å². The lowest BCUT2D eigenvalue weighted by atomic mass is 10.0. The quantitative estimate of drug-likeness (QED) is 0.0261. The molecule has 1 atom stereocenters. The van der Waals surface area contributed by atoms with E-state index >= 15 is 0 Å². The number of ether oxygens (including phenoxy) is 3. The Kier molecular flexibility index (Phi) is 57.8. The van der Waals surface area contributed by atoms with Gasteiger partial charge in [0, 0.05) is 19.3 Å². The van der Waals surface area contributed by atoms with Crippen molar-refractivity contribution in [2.75, 3.05) is 13.2 Å². The van der Waals surface area contributed by atoms with Gasteiger partial charge in [-0.3, -0.25) is 14.4 Å². The van der Waals surface area contributed by atoms with E-state index in [-0.39, 0.29) is 31.1 Å². The van der Waals surface area contributed by atoms with Crippen LogP contribution in [0.25, 0.3) is 0 Å². The fraction of sp³-hybridized carbons (Fsp3) is 0.773. The average Bonchev–Trinajstić information content (AvgIpc) is 3.38. The van der Waals surface area contributed by atoms with E-state index in [1.165, 1.54) is 167 Å². The van der Waals surface area contributed by atoms with Crippen molar-refractivity contribution >= 4 is 17.9 Å². The molecule has 0 saturated carbocycles. The molecule has 0 N–H and O–H groups in total. The van der Waals surface area contributed by atoms with Crippen LogP contribution in [0.3, 0.4) is 0 Å². The highest BCUT2D eigenvalue weighted by Gasteiger charge is 2.19. The summed E-state index contributed by atoms with van der Waals surface area (Å²) >= 11 is 0. The summed E-state index contributed by atoms with van der Waals surface area (Å²) in [6.45, 7) is 6.57. The van der Waals surface area contributed by atoms with Crippen LogP contribution < -0.4 is 0 Å².